The Kier molecular flexibility index (Phi) is 6.22. The zero-order chi connectivity index (χ0) is 19.9. The Morgan fingerprint density at radius 3 is 2.64 bits per heavy atom. The second kappa shape index (κ2) is 8.99. The number of ether oxygens (including phenoxy) is 1. The number of aromatic nitrogens is 2. The van der Waals surface area contributed by atoms with E-state index in [4.69, 9.17) is 4.74 Å². The first-order chi connectivity index (χ1) is 13.5. The molecule has 1 heterocycles. The molecule has 6 nitrogen and oxygen atoms in total. The first-order valence-electron chi connectivity index (χ1n) is 9.23. The molecule has 0 radical (unpaired) electrons. The lowest BCUT2D eigenvalue weighted by molar-refractivity contribution is 0.0527. The van der Waals surface area contributed by atoms with Gasteiger partial charge in [-0.3, -0.25) is 0 Å². The molecule has 28 heavy (non-hydrogen) atoms. The van der Waals surface area contributed by atoms with Crippen molar-refractivity contribution < 1.29 is 9.53 Å². The van der Waals surface area contributed by atoms with E-state index in [2.05, 4.69) is 45.7 Å². The van der Waals surface area contributed by atoms with E-state index in [1.54, 1.807) is 19.1 Å². The second-order valence-electron chi connectivity index (χ2n) is 6.45. The summed E-state index contributed by atoms with van der Waals surface area (Å²) in [5, 5.41) is 6.47. The maximum atomic E-state index is 12.2. The molecule has 0 atom stereocenters. The number of benzene rings is 2. The lowest BCUT2D eigenvalue weighted by atomic mass is 10.1. The van der Waals surface area contributed by atoms with E-state index >= 15 is 0 Å². The zero-order valence-electron chi connectivity index (χ0n) is 16.3. The van der Waals surface area contributed by atoms with Gasteiger partial charge in [-0.05, 0) is 38.5 Å². The summed E-state index contributed by atoms with van der Waals surface area (Å²) in [6, 6.07) is 17.3. The lowest BCUT2D eigenvalue weighted by Gasteiger charge is -2.13. The molecule has 1 aromatic heterocycles. The first-order valence-corrected chi connectivity index (χ1v) is 9.23. The van der Waals surface area contributed by atoms with Crippen molar-refractivity contribution in [1.82, 2.24) is 9.97 Å². The molecule has 0 aliphatic heterocycles. The van der Waals surface area contributed by atoms with E-state index < -0.39 is 0 Å². The molecule has 3 rings (SSSR count). The van der Waals surface area contributed by atoms with Crippen LogP contribution < -0.4 is 10.6 Å². The molecule has 0 amide bonds. The van der Waals surface area contributed by atoms with E-state index in [1.807, 2.05) is 31.2 Å². The molecule has 0 saturated carbocycles. The summed E-state index contributed by atoms with van der Waals surface area (Å²) in [7, 11) is 0. The quantitative estimate of drug-likeness (QED) is 0.586. The van der Waals surface area contributed by atoms with Crippen LogP contribution in [0.15, 0.2) is 54.6 Å². The van der Waals surface area contributed by atoms with E-state index in [-0.39, 0.29) is 5.97 Å². The molecule has 0 saturated heterocycles. The molecule has 2 aromatic carbocycles. The number of aryl methyl sites for hydroxylation is 2. The molecule has 0 fully saturated rings. The van der Waals surface area contributed by atoms with E-state index in [0.29, 0.717) is 36.2 Å². The third-order valence-corrected chi connectivity index (χ3v) is 4.07. The van der Waals surface area contributed by atoms with Crippen LogP contribution in [0, 0.1) is 13.8 Å². The van der Waals surface area contributed by atoms with E-state index in [1.165, 1.54) is 5.56 Å². The molecular formula is C22H24N4O2. The Morgan fingerprint density at radius 1 is 1.04 bits per heavy atom. The average Bonchev–Trinajstić information content (AvgIpc) is 2.67. The highest BCUT2D eigenvalue weighted by Gasteiger charge is 2.13. The molecular weight excluding hydrogens is 352 g/mol. The van der Waals surface area contributed by atoms with Gasteiger partial charge >= 0.3 is 5.97 Å². The molecule has 144 valence electrons. The smallest absolute Gasteiger partial charge is 0.340 e. The summed E-state index contributed by atoms with van der Waals surface area (Å²) in [6.45, 7) is 6.71. The number of para-hydroxylation sites is 1. The van der Waals surface area contributed by atoms with Gasteiger partial charge in [0.2, 0.25) is 5.95 Å². The number of anilines is 3. The highest BCUT2D eigenvalue weighted by molar-refractivity contribution is 5.96. The van der Waals surface area contributed by atoms with Gasteiger partial charge in [0.15, 0.2) is 0 Å². The summed E-state index contributed by atoms with van der Waals surface area (Å²) in [5.41, 5.74) is 4.30. The minimum Gasteiger partial charge on any atom is -0.462 e. The van der Waals surface area contributed by atoms with Crippen LogP contribution in [0.4, 0.5) is 17.5 Å². The van der Waals surface area contributed by atoms with Crippen LogP contribution >= 0.6 is 0 Å². The Hall–Kier alpha value is -3.41. The van der Waals surface area contributed by atoms with Gasteiger partial charge in [-0.1, -0.05) is 42.0 Å². The number of esters is 1. The van der Waals surface area contributed by atoms with Crippen molar-refractivity contribution in [2.24, 2.45) is 0 Å². The summed E-state index contributed by atoms with van der Waals surface area (Å²) in [4.78, 5) is 21.1. The van der Waals surface area contributed by atoms with Gasteiger partial charge in [0.1, 0.15) is 5.82 Å². The minimum absolute atomic E-state index is 0.326. The van der Waals surface area contributed by atoms with Gasteiger partial charge in [0.25, 0.3) is 0 Å². The predicted molar refractivity (Wildman–Crippen MR) is 111 cm³/mol. The van der Waals surface area contributed by atoms with Crippen LogP contribution in [-0.2, 0) is 11.3 Å². The van der Waals surface area contributed by atoms with Gasteiger partial charge in [-0.2, -0.15) is 4.98 Å². The predicted octanol–water partition coefficient (Wildman–Crippen LogP) is 4.63. The van der Waals surface area contributed by atoms with Gasteiger partial charge in [0, 0.05) is 18.3 Å². The SMILES string of the molecule is CCOC(=O)c1ccccc1Nc1cc(C)nc(NCc2cccc(C)c2)n1. The monoisotopic (exact) mass is 376 g/mol. The standard InChI is InChI=1S/C22H24N4O2/c1-4-28-21(27)18-10-5-6-11-19(18)25-20-13-16(3)24-22(26-20)23-14-17-9-7-8-15(2)12-17/h5-13H,4,14H2,1-3H3,(H2,23,24,25,26). The summed E-state index contributed by atoms with van der Waals surface area (Å²) >= 11 is 0. The van der Waals surface area contributed by atoms with Gasteiger partial charge in [-0.25, -0.2) is 9.78 Å². The third kappa shape index (κ3) is 5.07. The fraction of sp³-hybridized carbons (Fsp3) is 0.227. The van der Waals surface area contributed by atoms with E-state index in [9.17, 15) is 4.79 Å². The number of rotatable bonds is 7. The molecule has 0 aliphatic carbocycles. The maximum absolute atomic E-state index is 12.2. The molecule has 0 aliphatic rings. The summed E-state index contributed by atoms with van der Waals surface area (Å²) in [5.74, 6) is 0.766. The Balaban J connectivity index is 1.78. The largest absolute Gasteiger partial charge is 0.462 e. The Bertz CT molecular complexity index is 972. The lowest BCUT2D eigenvalue weighted by Crippen LogP contribution is -2.09. The second-order valence-corrected chi connectivity index (χ2v) is 6.45. The highest BCUT2D eigenvalue weighted by Crippen LogP contribution is 2.22. The number of nitrogens with one attached hydrogen (secondary N) is 2. The number of carbonyl (C=O) groups is 1. The van der Waals surface area contributed by atoms with Crippen molar-refractivity contribution in [2.75, 3.05) is 17.2 Å². The summed E-state index contributed by atoms with van der Waals surface area (Å²) < 4.78 is 5.13. The molecule has 0 unspecified atom stereocenters. The zero-order valence-corrected chi connectivity index (χ0v) is 16.3. The van der Waals surface area contributed by atoms with Crippen molar-refractivity contribution in [3.05, 3.63) is 77.0 Å². The van der Waals surface area contributed by atoms with Crippen LogP contribution in [0.3, 0.4) is 0 Å². The fourth-order valence-electron chi connectivity index (χ4n) is 2.83. The average molecular weight is 376 g/mol. The van der Waals surface area contributed by atoms with Crippen LogP contribution in [0.2, 0.25) is 0 Å². The van der Waals surface area contributed by atoms with E-state index in [0.717, 1.165) is 11.3 Å². The van der Waals surface area contributed by atoms with Crippen molar-refractivity contribution in [1.29, 1.82) is 0 Å². The number of hydrogen-bond acceptors (Lipinski definition) is 6. The summed E-state index contributed by atoms with van der Waals surface area (Å²) in [6.07, 6.45) is 0. The molecule has 0 bridgehead atoms. The fourth-order valence-corrected chi connectivity index (χ4v) is 2.83. The van der Waals surface area contributed by atoms with Crippen LogP contribution in [0.25, 0.3) is 0 Å². The van der Waals surface area contributed by atoms with Gasteiger partial charge < -0.3 is 15.4 Å². The van der Waals surface area contributed by atoms with Crippen molar-refractivity contribution in [3.63, 3.8) is 0 Å². The number of nitrogens with zero attached hydrogens (tertiary/aromatic N) is 2. The molecule has 6 heteroatoms. The molecule has 0 spiro atoms. The van der Waals surface area contributed by atoms with Crippen LogP contribution in [0.5, 0.6) is 0 Å². The van der Waals surface area contributed by atoms with Crippen LogP contribution in [0.1, 0.15) is 34.1 Å². The van der Waals surface area contributed by atoms with Gasteiger partial charge in [0.05, 0.1) is 17.9 Å². The maximum Gasteiger partial charge on any atom is 0.340 e. The Morgan fingerprint density at radius 2 is 1.86 bits per heavy atom. The topological polar surface area (TPSA) is 76.1 Å². The Labute approximate surface area is 165 Å². The van der Waals surface area contributed by atoms with Crippen molar-refractivity contribution in [2.45, 2.75) is 27.3 Å². The minimum atomic E-state index is -0.367. The van der Waals surface area contributed by atoms with Crippen LogP contribution in [-0.4, -0.2) is 22.5 Å². The first kappa shape index (κ1) is 19.4. The van der Waals surface area contributed by atoms with Gasteiger partial charge in [-0.15, -0.1) is 0 Å². The molecule has 2 N–H and O–H groups in total. The highest BCUT2D eigenvalue weighted by atomic mass is 16.5. The number of carbonyl (C=O) groups excluding carboxylic acids is 1. The third-order valence-electron chi connectivity index (χ3n) is 4.07. The normalized spacial score (nSPS) is 10.4. The number of hydrogen-bond donors (Lipinski definition) is 2. The van der Waals surface area contributed by atoms with Crippen molar-refractivity contribution in [3.8, 4) is 0 Å². The molecule has 3 aromatic rings. The van der Waals surface area contributed by atoms with Crippen molar-refractivity contribution >= 4 is 23.4 Å².